The highest BCUT2D eigenvalue weighted by atomic mass is 16.5. The van der Waals surface area contributed by atoms with Crippen LogP contribution in [0.1, 0.15) is 23.6 Å². The van der Waals surface area contributed by atoms with Gasteiger partial charge >= 0.3 is 0 Å². The van der Waals surface area contributed by atoms with Gasteiger partial charge in [0.05, 0.1) is 5.50 Å². The van der Waals surface area contributed by atoms with Crippen LogP contribution < -0.4 is 4.74 Å². The summed E-state index contributed by atoms with van der Waals surface area (Å²) in [7, 11) is 6.20. The zero-order valence-electron chi connectivity index (χ0n) is 13.0. The maximum Gasteiger partial charge on any atom is 0.137 e. The van der Waals surface area contributed by atoms with Crippen molar-refractivity contribution < 1.29 is 4.74 Å². The van der Waals surface area contributed by atoms with Gasteiger partial charge in [0.15, 0.2) is 0 Å². The van der Waals surface area contributed by atoms with Crippen LogP contribution in [0.3, 0.4) is 0 Å². The smallest absolute Gasteiger partial charge is 0.137 e. The molecule has 0 saturated carbocycles. The molecule has 1 aliphatic heterocycles. The lowest BCUT2D eigenvalue weighted by Crippen LogP contribution is -2.32. The maximum absolute atomic E-state index is 6.20. The first-order chi connectivity index (χ1) is 11.1. The fourth-order valence-corrected chi connectivity index (χ4v) is 3.87. The molecule has 5 rings (SSSR count). The second kappa shape index (κ2) is 4.29. The van der Waals surface area contributed by atoms with Crippen molar-refractivity contribution in [2.24, 2.45) is 0 Å². The molecule has 0 N–H and O–H groups in total. The lowest BCUT2D eigenvalue weighted by molar-refractivity contribution is 0.227. The molecule has 1 aliphatic carbocycles. The Morgan fingerprint density at radius 2 is 1.74 bits per heavy atom. The highest BCUT2D eigenvalue weighted by Crippen LogP contribution is 2.49. The molecule has 0 fully saturated rings. The summed E-state index contributed by atoms with van der Waals surface area (Å²) in [5.74, 6) is 0.916. The number of benzene rings is 3. The van der Waals surface area contributed by atoms with Crippen molar-refractivity contribution in [1.82, 2.24) is 0 Å². The van der Waals surface area contributed by atoms with Crippen molar-refractivity contribution in [3.8, 4) is 16.9 Å². The molecule has 0 aromatic heterocycles. The average molecular weight is 294 g/mol. The highest BCUT2D eigenvalue weighted by molar-refractivity contribution is 6.17. The van der Waals surface area contributed by atoms with E-state index in [1.165, 1.54) is 33.2 Å². The fourth-order valence-electron chi connectivity index (χ4n) is 3.87. The standard InChI is InChI=1S/C21H15BO/c1-21(22)11-10-17-18-12-13-6-2-3-7-14(13)19(18)15-8-4-5-9-16(15)20(17)23-21/h2-11H,12H2,1H3. The zero-order chi connectivity index (χ0) is 15.6. The number of fused-ring (bicyclic) bond motifs is 8. The van der Waals surface area contributed by atoms with E-state index in [0.717, 1.165) is 17.6 Å². The molecule has 108 valence electrons. The van der Waals surface area contributed by atoms with Gasteiger partial charge in [0, 0.05) is 10.9 Å². The van der Waals surface area contributed by atoms with Crippen LogP contribution in [0, 0.1) is 0 Å². The van der Waals surface area contributed by atoms with Crippen LogP contribution in [0.4, 0.5) is 0 Å². The Bertz CT molecular complexity index is 998. The van der Waals surface area contributed by atoms with Gasteiger partial charge in [-0.25, -0.2) is 0 Å². The van der Waals surface area contributed by atoms with Gasteiger partial charge in [-0.1, -0.05) is 60.7 Å². The van der Waals surface area contributed by atoms with Crippen LogP contribution in [-0.4, -0.2) is 13.3 Å². The lowest BCUT2D eigenvalue weighted by atomic mass is 9.80. The van der Waals surface area contributed by atoms with Gasteiger partial charge < -0.3 is 4.74 Å². The Kier molecular flexibility index (Phi) is 2.43. The molecule has 1 atom stereocenters. The third-order valence-electron chi connectivity index (χ3n) is 4.87. The van der Waals surface area contributed by atoms with Crippen molar-refractivity contribution >= 4 is 24.7 Å². The summed E-state index contributed by atoms with van der Waals surface area (Å²) in [6.45, 7) is 1.89. The van der Waals surface area contributed by atoms with Crippen molar-refractivity contribution in [3.05, 3.63) is 71.3 Å². The minimum absolute atomic E-state index is 0.755. The van der Waals surface area contributed by atoms with Crippen molar-refractivity contribution in [2.75, 3.05) is 0 Å². The normalized spacial score (nSPS) is 20.7. The third-order valence-corrected chi connectivity index (χ3v) is 4.87. The first kappa shape index (κ1) is 13.0. The molecule has 2 aliphatic rings. The van der Waals surface area contributed by atoms with Crippen LogP contribution in [0.2, 0.25) is 0 Å². The SMILES string of the molecule is [B]C1(C)C=Cc2c3c(c4ccccc4c2O1)-c1ccccc1C3. The Hall–Kier alpha value is -2.48. The fraction of sp³-hybridized carbons (Fsp3) is 0.143. The molecule has 0 saturated heterocycles. The van der Waals surface area contributed by atoms with Crippen molar-refractivity contribution in [1.29, 1.82) is 0 Å². The first-order valence-electron chi connectivity index (χ1n) is 7.97. The molecule has 3 aromatic rings. The summed E-state index contributed by atoms with van der Waals surface area (Å²) >= 11 is 0. The van der Waals surface area contributed by atoms with Crippen LogP contribution in [0.25, 0.3) is 28.0 Å². The van der Waals surface area contributed by atoms with Gasteiger partial charge in [-0.3, -0.25) is 0 Å². The van der Waals surface area contributed by atoms with Crippen LogP contribution in [-0.2, 0) is 6.42 Å². The molecule has 0 amide bonds. The predicted octanol–water partition coefficient (Wildman–Crippen LogP) is 4.70. The molecule has 1 nitrogen and oxygen atoms in total. The van der Waals surface area contributed by atoms with Crippen molar-refractivity contribution in [2.45, 2.75) is 18.8 Å². The van der Waals surface area contributed by atoms with Gasteiger partial charge in [0.25, 0.3) is 0 Å². The Balaban J connectivity index is 1.94. The molecule has 0 bridgehead atoms. The second-order valence-electron chi connectivity index (χ2n) is 6.60. The molecule has 2 radical (unpaired) electrons. The van der Waals surface area contributed by atoms with Gasteiger partial charge in [-0.05, 0) is 41.0 Å². The predicted molar refractivity (Wildman–Crippen MR) is 96.0 cm³/mol. The van der Waals surface area contributed by atoms with Crippen molar-refractivity contribution in [3.63, 3.8) is 0 Å². The maximum atomic E-state index is 6.20. The number of hydrogen-bond donors (Lipinski definition) is 0. The molecule has 1 heterocycles. The molecular formula is C21H15BO. The topological polar surface area (TPSA) is 9.23 Å². The molecule has 2 heteroatoms. The highest BCUT2D eigenvalue weighted by Gasteiger charge is 2.30. The van der Waals surface area contributed by atoms with E-state index in [9.17, 15) is 0 Å². The summed E-state index contributed by atoms with van der Waals surface area (Å²) in [5, 5.41) is 2.39. The zero-order valence-corrected chi connectivity index (χ0v) is 13.0. The molecule has 0 spiro atoms. The summed E-state index contributed by atoms with van der Waals surface area (Å²) in [5.41, 5.74) is 5.86. The minimum atomic E-state index is -0.755. The van der Waals surface area contributed by atoms with Gasteiger partial charge in [-0.15, -0.1) is 0 Å². The van der Waals surface area contributed by atoms with E-state index >= 15 is 0 Å². The van der Waals surface area contributed by atoms with Gasteiger partial charge in [-0.2, -0.15) is 0 Å². The van der Waals surface area contributed by atoms with E-state index in [-0.39, 0.29) is 0 Å². The second-order valence-corrected chi connectivity index (χ2v) is 6.60. The summed E-state index contributed by atoms with van der Waals surface area (Å²) in [6, 6.07) is 17.1. The Morgan fingerprint density at radius 1 is 1.00 bits per heavy atom. The minimum Gasteiger partial charge on any atom is -0.492 e. The number of hydrogen-bond acceptors (Lipinski definition) is 1. The van der Waals surface area contributed by atoms with E-state index in [2.05, 4.69) is 54.6 Å². The Labute approximate surface area is 137 Å². The monoisotopic (exact) mass is 294 g/mol. The molecule has 23 heavy (non-hydrogen) atoms. The first-order valence-corrected chi connectivity index (χ1v) is 7.97. The Morgan fingerprint density at radius 3 is 2.61 bits per heavy atom. The molecule has 1 unspecified atom stereocenters. The van der Waals surface area contributed by atoms with Gasteiger partial charge in [0.1, 0.15) is 13.6 Å². The summed E-state index contributed by atoms with van der Waals surface area (Å²) in [6.07, 6.45) is 5.04. The van der Waals surface area contributed by atoms with E-state index in [1.807, 2.05) is 13.0 Å². The quantitative estimate of drug-likeness (QED) is 0.427. The molecule has 3 aromatic carbocycles. The van der Waals surface area contributed by atoms with Crippen LogP contribution >= 0.6 is 0 Å². The van der Waals surface area contributed by atoms with E-state index in [0.29, 0.717) is 0 Å². The molecular weight excluding hydrogens is 279 g/mol. The third kappa shape index (κ3) is 1.75. The summed E-state index contributed by atoms with van der Waals surface area (Å²) < 4.78 is 6.15. The summed E-state index contributed by atoms with van der Waals surface area (Å²) in [4.78, 5) is 0. The van der Waals surface area contributed by atoms with Crippen LogP contribution in [0.5, 0.6) is 5.75 Å². The van der Waals surface area contributed by atoms with Crippen LogP contribution in [0.15, 0.2) is 54.6 Å². The number of ether oxygens (including phenoxy) is 1. The average Bonchev–Trinajstić information content (AvgIpc) is 2.94. The van der Waals surface area contributed by atoms with E-state index in [4.69, 9.17) is 12.6 Å². The van der Waals surface area contributed by atoms with Gasteiger partial charge in [0.2, 0.25) is 0 Å². The number of rotatable bonds is 0. The largest absolute Gasteiger partial charge is 0.492 e. The lowest BCUT2D eigenvalue weighted by Gasteiger charge is -2.31. The van der Waals surface area contributed by atoms with E-state index in [1.54, 1.807) is 0 Å². The van der Waals surface area contributed by atoms with E-state index < -0.39 is 5.50 Å².